The van der Waals surface area contributed by atoms with Gasteiger partial charge in [0.15, 0.2) is 0 Å². The predicted octanol–water partition coefficient (Wildman–Crippen LogP) is 3.26. The molecule has 0 aliphatic rings. The summed E-state index contributed by atoms with van der Waals surface area (Å²) in [5.41, 5.74) is 1.27. The fourth-order valence-corrected chi connectivity index (χ4v) is 1.34. The van der Waals surface area contributed by atoms with Gasteiger partial charge in [-0.25, -0.2) is 0 Å². The second kappa shape index (κ2) is 5.16. The second-order valence-electron chi connectivity index (χ2n) is 2.91. The Hall–Kier alpha value is -1.55. The van der Waals surface area contributed by atoms with E-state index >= 15 is 0 Å². The Morgan fingerprint density at radius 2 is 2.08 bits per heavy atom. The molecule has 0 heterocycles. The molecule has 13 heavy (non-hydrogen) atoms. The van der Waals surface area contributed by atoms with Crippen LogP contribution in [0.15, 0.2) is 42.5 Å². The Morgan fingerprint density at radius 3 is 2.62 bits per heavy atom. The smallest absolute Gasteiger partial charge is 0.0908 e. The fourth-order valence-electron chi connectivity index (χ4n) is 1.34. The molecule has 0 fully saturated rings. The number of nitriles is 1. The highest BCUT2D eigenvalue weighted by Gasteiger charge is 2.02. The van der Waals surface area contributed by atoms with Crippen molar-refractivity contribution in [3.8, 4) is 6.07 Å². The van der Waals surface area contributed by atoms with Crippen LogP contribution in [0.1, 0.15) is 24.8 Å². The topological polar surface area (TPSA) is 23.8 Å². The van der Waals surface area contributed by atoms with Crippen LogP contribution in [-0.4, -0.2) is 0 Å². The van der Waals surface area contributed by atoms with Crippen LogP contribution in [0.2, 0.25) is 0 Å². The number of hydrogen-bond donors (Lipinski definition) is 0. The van der Waals surface area contributed by atoms with E-state index in [-0.39, 0.29) is 0 Å². The summed E-state index contributed by atoms with van der Waals surface area (Å²) in [7, 11) is 0. The molecular formula is C12H13N. The summed E-state index contributed by atoms with van der Waals surface area (Å²) in [5.74, 6) is 0.376. The highest BCUT2D eigenvalue weighted by molar-refractivity contribution is 5.24. The maximum absolute atomic E-state index is 8.42. The van der Waals surface area contributed by atoms with Crippen LogP contribution >= 0.6 is 0 Å². The molecule has 0 saturated heterocycles. The summed E-state index contributed by atoms with van der Waals surface area (Å²) in [5, 5.41) is 8.42. The zero-order valence-corrected chi connectivity index (χ0v) is 7.77. The van der Waals surface area contributed by atoms with Crippen molar-refractivity contribution < 1.29 is 0 Å². The largest absolute Gasteiger partial charge is 0.193 e. The zero-order valence-electron chi connectivity index (χ0n) is 7.77. The van der Waals surface area contributed by atoms with Crippen LogP contribution in [0.25, 0.3) is 0 Å². The van der Waals surface area contributed by atoms with Crippen LogP contribution in [-0.2, 0) is 0 Å². The zero-order chi connectivity index (χ0) is 9.52. The maximum Gasteiger partial charge on any atom is 0.0908 e. The monoisotopic (exact) mass is 171 g/mol. The third-order valence-corrected chi connectivity index (χ3v) is 2.07. The van der Waals surface area contributed by atoms with Gasteiger partial charge in [0.2, 0.25) is 0 Å². The standard InChI is InChI=1S/C12H13N/c1-2-11(9-6-10-13)12-7-4-3-5-8-12/h3-9,11H,2H2,1H3/b9-6+/t11-/m1/s1. The fraction of sp³-hybridized carbons (Fsp3) is 0.250. The number of benzene rings is 1. The molecule has 0 N–H and O–H groups in total. The molecule has 0 radical (unpaired) electrons. The Kier molecular flexibility index (Phi) is 3.78. The molecule has 1 nitrogen and oxygen atoms in total. The van der Waals surface area contributed by atoms with E-state index in [0.717, 1.165) is 6.42 Å². The number of allylic oxidation sites excluding steroid dienone is 2. The maximum atomic E-state index is 8.42. The van der Waals surface area contributed by atoms with E-state index in [4.69, 9.17) is 5.26 Å². The number of hydrogen-bond acceptors (Lipinski definition) is 1. The molecule has 66 valence electrons. The Labute approximate surface area is 79.3 Å². The summed E-state index contributed by atoms with van der Waals surface area (Å²) in [6.07, 6.45) is 4.54. The molecule has 0 unspecified atom stereocenters. The molecule has 1 atom stereocenters. The van der Waals surface area contributed by atoms with E-state index in [2.05, 4.69) is 19.1 Å². The van der Waals surface area contributed by atoms with Gasteiger partial charge in [0, 0.05) is 12.0 Å². The van der Waals surface area contributed by atoms with Crippen LogP contribution in [0.3, 0.4) is 0 Å². The van der Waals surface area contributed by atoms with Crippen LogP contribution < -0.4 is 0 Å². The van der Waals surface area contributed by atoms with Gasteiger partial charge >= 0.3 is 0 Å². The Bertz CT molecular complexity index is 306. The van der Waals surface area contributed by atoms with Gasteiger partial charge in [-0.3, -0.25) is 0 Å². The molecule has 0 aromatic heterocycles. The van der Waals surface area contributed by atoms with E-state index in [1.54, 1.807) is 6.08 Å². The molecule has 1 aromatic rings. The van der Waals surface area contributed by atoms with Gasteiger partial charge < -0.3 is 0 Å². The quantitative estimate of drug-likeness (QED) is 0.640. The van der Waals surface area contributed by atoms with E-state index in [1.807, 2.05) is 30.3 Å². The minimum absolute atomic E-state index is 0.376. The second-order valence-corrected chi connectivity index (χ2v) is 2.91. The lowest BCUT2D eigenvalue weighted by atomic mass is 9.96. The molecule has 0 spiro atoms. The minimum atomic E-state index is 0.376. The Balaban J connectivity index is 2.80. The van der Waals surface area contributed by atoms with Gasteiger partial charge in [0.1, 0.15) is 0 Å². The van der Waals surface area contributed by atoms with Gasteiger partial charge in [-0.15, -0.1) is 0 Å². The molecular weight excluding hydrogens is 158 g/mol. The van der Waals surface area contributed by atoms with Crippen LogP contribution in [0.5, 0.6) is 0 Å². The molecule has 0 amide bonds. The van der Waals surface area contributed by atoms with E-state index < -0.39 is 0 Å². The third kappa shape index (κ3) is 2.76. The van der Waals surface area contributed by atoms with Crippen molar-refractivity contribution in [3.05, 3.63) is 48.0 Å². The van der Waals surface area contributed by atoms with Crippen molar-refractivity contribution in [1.29, 1.82) is 5.26 Å². The lowest BCUT2D eigenvalue weighted by molar-refractivity contribution is 0.805. The minimum Gasteiger partial charge on any atom is -0.193 e. The number of rotatable bonds is 3. The SMILES string of the molecule is CC[C@H](/C=C/C#N)c1ccccc1. The molecule has 0 bridgehead atoms. The summed E-state index contributed by atoms with van der Waals surface area (Å²) in [6, 6.07) is 12.3. The first-order valence-corrected chi connectivity index (χ1v) is 4.49. The van der Waals surface area contributed by atoms with E-state index in [9.17, 15) is 0 Å². The van der Waals surface area contributed by atoms with Gasteiger partial charge in [-0.05, 0) is 12.0 Å². The van der Waals surface area contributed by atoms with E-state index in [1.165, 1.54) is 5.56 Å². The molecule has 0 aliphatic heterocycles. The molecule has 0 saturated carbocycles. The summed E-state index contributed by atoms with van der Waals surface area (Å²) < 4.78 is 0. The first-order valence-electron chi connectivity index (χ1n) is 4.49. The molecule has 0 aliphatic carbocycles. The highest BCUT2D eigenvalue weighted by atomic mass is 14.2. The average molecular weight is 171 g/mol. The normalized spacial score (nSPS) is 12.6. The van der Waals surface area contributed by atoms with Crippen molar-refractivity contribution >= 4 is 0 Å². The molecule has 1 rings (SSSR count). The predicted molar refractivity (Wildman–Crippen MR) is 54.2 cm³/mol. The first-order chi connectivity index (χ1) is 6.38. The van der Waals surface area contributed by atoms with Crippen LogP contribution in [0.4, 0.5) is 0 Å². The van der Waals surface area contributed by atoms with Crippen molar-refractivity contribution in [2.75, 3.05) is 0 Å². The lowest BCUT2D eigenvalue weighted by Crippen LogP contribution is -1.91. The van der Waals surface area contributed by atoms with Gasteiger partial charge in [0.05, 0.1) is 6.07 Å². The first kappa shape index (κ1) is 9.54. The molecule has 1 heteroatoms. The number of nitrogens with zero attached hydrogens (tertiary/aromatic N) is 1. The third-order valence-electron chi connectivity index (χ3n) is 2.07. The average Bonchev–Trinajstić information content (AvgIpc) is 2.21. The van der Waals surface area contributed by atoms with Crippen molar-refractivity contribution in [1.82, 2.24) is 0 Å². The van der Waals surface area contributed by atoms with E-state index in [0.29, 0.717) is 5.92 Å². The summed E-state index contributed by atoms with van der Waals surface area (Å²) in [4.78, 5) is 0. The van der Waals surface area contributed by atoms with Crippen molar-refractivity contribution in [3.63, 3.8) is 0 Å². The van der Waals surface area contributed by atoms with Gasteiger partial charge in [-0.1, -0.05) is 43.3 Å². The van der Waals surface area contributed by atoms with Gasteiger partial charge in [0.25, 0.3) is 0 Å². The van der Waals surface area contributed by atoms with Gasteiger partial charge in [-0.2, -0.15) is 5.26 Å². The highest BCUT2D eigenvalue weighted by Crippen LogP contribution is 2.19. The van der Waals surface area contributed by atoms with Crippen molar-refractivity contribution in [2.24, 2.45) is 0 Å². The van der Waals surface area contributed by atoms with Crippen LogP contribution in [0, 0.1) is 11.3 Å². The summed E-state index contributed by atoms with van der Waals surface area (Å²) >= 11 is 0. The molecule has 1 aromatic carbocycles. The summed E-state index contributed by atoms with van der Waals surface area (Å²) in [6.45, 7) is 2.12. The van der Waals surface area contributed by atoms with Crippen molar-refractivity contribution in [2.45, 2.75) is 19.3 Å². The lowest BCUT2D eigenvalue weighted by Gasteiger charge is -2.08. The Morgan fingerprint density at radius 1 is 1.38 bits per heavy atom.